The first-order chi connectivity index (χ1) is 2.81. The van der Waals surface area contributed by atoms with Gasteiger partial charge in [0.25, 0.3) is 0 Å². The first kappa shape index (κ1) is 5.88. The summed E-state index contributed by atoms with van der Waals surface area (Å²) in [5, 5.41) is 0. The largest absolute Gasteiger partial charge is 0.328 e. The molecule has 1 atom stereocenters. The summed E-state index contributed by atoms with van der Waals surface area (Å²) in [6, 6.07) is 0. The van der Waals surface area contributed by atoms with E-state index in [-0.39, 0.29) is 6.10 Å². The van der Waals surface area contributed by atoms with Gasteiger partial charge in [-0.3, -0.25) is 0 Å². The average Bonchev–Trinajstić information content (AvgIpc) is 1.65. The highest BCUT2D eigenvalue weighted by molar-refractivity contribution is 4.43. The third kappa shape index (κ3) is 2.14. The number of hydrogen-bond donors (Lipinski definition) is 2. The van der Waals surface area contributed by atoms with Crippen LogP contribution in [0, 0.1) is 0 Å². The van der Waals surface area contributed by atoms with Crippen LogP contribution in [-0.2, 0) is 4.84 Å². The molecule has 38 valence electrons. The topological polar surface area (TPSA) is 61.3 Å². The molecule has 0 heterocycles. The van der Waals surface area contributed by atoms with Gasteiger partial charge in [0.05, 0.1) is 6.10 Å². The zero-order valence-corrected chi connectivity index (χ0v) is 3.85. The molecule has 0 aromatic heterocycles. The molecule has 0 rings (SSSR count). The molecule has 0 aliphatic rings. The maximum absolute atomic E-state index is 5.08. The first-order valence-corrected chi connectivity index (χ1v) is 1.87. The molecule has 0 radical (unpaired) electrons. The van der Waals surface area contributed by atoms with Crippen molar-refractivity contribution in [3.8, 4) is 0 Å². The summed E-state index contributed by atoms with van der Waals surface area (Å²) in [5.74, 6) is 4.70. The summed E-state index contributed by atoms with van der Waals surface area (Å²) >= 11 is 0. The highest BCUT2D eigenvalue weighted by atomic mass is 16.6. The lowest BCUT2D eigenvalue weighted by Gasteiger charge is -2.00. The van der Waals surface area contributed by atoms with Crippen molar-refractivity contribution < 1.29 is 4.84 Å². The average molecular weight is 90.1 g/mol. The Hall–Kier alpha value is -0.120. The van der Waals surface area contributed by atoms with E-state index in [1.54, 1.807) is 6.92 Å². The molecule has 0 unspecified atom stereocenters. The van der Waals surface area contributed by atoms with E-state index >= 15 is 0 Å². The van der Waals surface area contributed by atoms with Crippen molar-refractivity contribution >= 4 is 0 Å². The molecule has 0 fully saturated rings. The molecule has 0 spiro atoms. The Morgan fingerprint density at radius 1 is 1.83 bits per heavy atom. The van der Waals surface area contributed by atoms with E-state index in [2.05, 4.69) is 4.84 Å². The minimum atomic E-state index is -0.00926. The standard InChI is InChI=1S/C3H10N2O/c1-3(2-4)6-5/h3H,2,4-5H2,1H3/t3-/m1/s1. The van der Waals surface area contributed by atoms with E-state index in [1.807, 2.05) is 0 Å². The van der Waals surface area contributed by atoms with E-state index < -0.39 is 0 Å². The van der Waals surface area contributed by atoms with Crippen molar-refractivity contribution in [2.75, 3.05) is 6.54 Å². The van der Waals surface area contributed by atoms with Crippen LogP contribution in [0.3, 0.4) is 0 Å². The van der Waals surface area contributed by atoms with Crippen LogP contribution in [0.4, 0.5) is 0 Å². The van der Waals surface area contributed by atoms with E-state index in [1.165, 1.54) is 0 Å². The summed E-state index contributed by atoms with van der Waals surface area (Å²) in [7, 11) is 0. The van der Waals surface area contributed by atoms with Crippen molar-refractivity contribution in [3.63, 3.8) is 0 Å². The molecule has 0 aliphatic heterocycles. The molecule has 0 saturated carbocycles. The van der Waals surface area contributed by atoms with Gasteiger partial charge in [-0.05, 0) is 6.92 Å². The van der Waals surface area contributed by atoms with Gasteiger partial charge in [0, 0.05) is 6.54 Å². The van der Waals surface area contributed by atoms with Crippen LogP contribution in [0.25, 0.3) is 0 Å². The second-order valence-corrected chi connectivity index (χ2v) is 1.18. The van der Waals surface area contributed by atoms with Crippen LogP contribution in [-0.4, -0.2) is 12.6 Å². The second-order valence-electron chi connectivity index (χ2n) is 1.18. The molecule has 3 heteroatoms. The van der Waals surface area contributed by atoms with Gasteiger partial charge in [-0.25, -0.2) is 5.90 Å². The Bertz CT molecular complexity index is 28.0. The van der Waals surface area contributed by atoms with Crippen LogP contribution in [0.15, 0.2) is 0 Å². The predicted molar refractivity (Wildman–Crippen MR) is 23.8 cm³/mol. The Kier molecular flexibility index (Phi) is 3.02. The number of rotatable bonds is 2. The highest BCUT2D eigenvalue weighted by Gasteiger charge is 1.89. The summed E-state index contributed by atoms with van der Waals surface area (Å²) in [5.41, 5.74) is 5.08. The quantitative estimate of drug-likeness (QED) is 0.437. The van der Waals surface area contributed by atoms with Crippen LogP contribution < -0.4 is 11.6 Å². The van der Waals surface area contributed by atoms with Crippen molar-refractivity contribution in [2.45, 2.75) is 13.0 Å². The van der Waals surface area contributed by atoms with Gasteiger partial charge in [0.15, 0.2) is 0 Å². The predicted octanol–water partition coefficient (Wildman–Crippen LogP) is -0.776. The number of hydrogen-bond acceptors (Lipinski definition) is 3. The zero-order valence-electron chi connectivity index (χ0n) is 3.85. The molecule has 0 amide bonds. The van der Waals surface area contributed by atoms with Gasteiger partial charge in [-0.2, -0.15) is 0 Å². The Labute approximate surface area is 37.2 Å². The molecular weight excluding hydrogens is 80.0 g/mol. The van der Waals surface area contributed by atoms with E-state index in [0.29, 0.717) is 6.54 Å². The SMILES string of the molecule is C[C@H](CN)ON. The fourth-order valence-corrected chi connectivity index (χ4v) is 0.0556. The molecule has 0 saturated heterocycles. The van der Waals surface area contributed by atoms with Gasteiger partial charge in [0.1, 0.15) is 0 Å². The summed E-state index contributed by atoms with van der Waals surface area (Å²) < 4.78 is 0. The Morgan fingerprint density at radius 3 is 2.33 bits per heavy atom. The Morgan fingerprint density at radius 2 is 2.33 bits per heavy atom. The Balaban J connectivity index is 2.75. The summed E-state index contributed by atoms with van der Waals surface area (Å²) in [6.07, 6.45) is -0.00926. The fraction of sp³-hybridized carbons (Fsp3) is 1.00. The van der Waals surface area contributed by atoms with Crippen molar-refractivity contribution in [3.05, 3.63) is 0 Å². The molecule has 3 nitrogen and oxygen atoms in total. The van der Waals surface area contributed by atoms with Gasteiger partial charge >= 0.3 is 0 Å². The summed E-state index contributed by atoms with van der Waals surface area (Å²) in [4.78, 5) is 4.27. The van der Waals surface area contributed by atoms with E-state index in [0.717, 1.165) is 0 Å². The van der Waals surface area contributed by atoms with Crippen molar-refractivity contribution in [2.24, 2.45) is 11.6 Å². The lowest BCUT2D eigenvalue weighted by atomic mass is 10.4. The smallest absolute Gasteiger partial charge is 0.0881 e. The van der Waals surface area contributed by atoms with Crippen LogP contribution >= 0.6 is 0 Å². The molecule has 6 heavy (non-hydrogen) atoms. The molecule has 0 aliphatic carbocycles. The molecule has 0 bridgehead atoms. The third-order valence-electron chi connectivity index (χ3n) is 0.564. The molecular formula is C3H10N2O. The molecule has 0 aromatic rings. The van der Waals surface area contributed by atoms with Crippen LogP contribution in [0.5, 0.6) is 0 Å². The maximum atomic E-state index is 5.08. The van der Waals surface area contributed by atoms with Gasteiger partial charge in [-0.1, -0.05) is 0 Å². The lowest BCUT2D eigenvalue weighted by Crippen LogP contribution is -2.22. The highest BCUT2D eigenvalue weighted by Crippen LogP contribution is 1.74. The summed E-state index contributed by atoms with van der Waals surface area (Å²) in [6.45, 7) is 2.29. The normalized spacial score (nSPS) is 14.5. The monoisotopic (exact) mass is 90.1 g/mol. The zero-order chi connectivity index (χ0) is 4.99. The van der Waals surface area contributed by atoms with Crippen molar-refractivity contribution in [1.82, 2.24) is 0 Å². The second kappa shape index (κ2) is 3.08. The fourth-order valence-electron chi connectivity index (χ4n) is 0.0556. The lowest BCUT2D eigenvalue weighted by molar-refractivity contribution is 0.0728. The van der Waals surface area contributed by atoms with Crippen LogP contribution in [0.2, 0.25) is 0 Å². The van der Waals surface area contributed by atoms with Gasteiger partial charge in [-0.15, -0.1) is 0 Å². The van der Waals surface area contributed by atoms with Crippen LogP contribution in [0.1, 0.15) is 6.92 Å². The van der Waals surface area contributed by atoms with Crippen molar-refractivity contribution in [1.29, 1.82) is 0 Å². The maximum Gasteiger partial charge on any atom is 0.0881 e. The minimum absolute atomic E-state index is 0.00926. The van der Waals surface area contributed by atoms with Gasteiger partial charge < -0.3 is 10.6 Å². The molecule has 4 N–H and O–H groups in total. The first-order valence-electron chi connectivity index (χ1n) is 1.87. The molecule has 0 aromatic carbocycles. The minimum Gasteiger partial charge on any atom is -0.328 e. The number of nitrogens with two attached hydrogens (primary N) is 2. The van der Waals surface area contributed by atoms with E-state index in [4.69, 9.17) is 11.6 Å². The van der Waals surface area contributed by atoms with E-state index in [9.17, 15) is 0 Å². The third-order valence-corrected chi connectivity index (χ3v) is 0.564. The van der Waals surface area contributed by atoms with Gasteiger partial charge in [0.2, 0.25) is 0 Å².